The Balaban J connectivity index is 1.25. The van der Waals surface area contributed by atoms with Crippen molar-refractivity contribution in [3.63, 3.8) is 0 Å². The van der Waals surface area contributed by atoms with Crippen LogP contribution in [0.3, 0.4) is 0 Å². The second-order valence-electron chi connectivity index (χ2n) is 13.0. The summed E-state index contributed by atoms with van der Waals surface area (Å²) in [4.78, 5) is 0. The van der Waals surface area contributed by atoms with Crippen molar-refractivity contribution in [2.24, 2.45) is 46.3 Å². The van der Waals surface area contributed by atoms with Crippen LogP contribution in [0.1, 0.15) is 85.5 Å². The van der Waals surface area contributed by atoms with E-state index in [1.807, 2.05) is 0 Å². The van der Waals surface area contributed by atoms with Gasteiger partial charge in [0.25, 0.3) is 0 Å². The van der Waals surface area contributed by atoms with E-state index < -0.39 is 0 Å². The average Bonchev–Trinajstić information content (AvgIpc) is 3.23. The minimum atomic E-state index is -0.0638. The third kappa shape index (κ3) is 3.01. The predicted molar refractivity (Wildman–Crippen MR) is 123 cm³/mol. The minimum absolute atomic E-state index is 0.0638. The van der Waals surface area contributed by atoms with Crippen LogP contribution >= 0.6 is 0 Å². The highest BCUT2D eigenvalue weighted by molar-refractivity contribution is 5.30. The van der Waals surface area contributed by atoms with Crippen LogP contribution in [-0.2, 0) is 9.47 Å². The van der Waals surface area contributed by atoms with Crippen LogP contribution in [0.2, 0.25) is 0 Å². The maximum Gasteiger partial charge on any atom is 0.0869 e. The second kappa shape index (κ2) is 7.31. The summed E-state index contributed by atoms with van der Waals surface area (Å²) in [6.07, 6.45) is 14.5. The zero-order chi connectivity index (χ0) is 21.5. The Morgan fingerprint density at radius 1 is 1.00 bits per heavy atom. The Hall–Kier alpha value is -0.380. The third-order valence-electron chi connectivity index (χ3n) is 11.4. The van der Waals surface area contributed by atoms with Crippen LogP contribution in [-0.4, -0.2) is 36.1 Å². The maximum absolute atomic E-state index is 10.3. The molecule has 3 nitrogen and oxygen atoms in total. The largest absolute Gasteiger partial charge is 0.393 e. The summed E-state index contributed by atoms with van der Waals surface area (Å²) in [5.41, 5.74) is 2.50. The number of aliphatic hydroxyl groups excluding tert-OH is 1. The normalized spacial score (nSPS) is 58.7. The maximum atomic E-state index is 10.3. The van der Waals surface area contributed by atoms with Crippen molar-refractivity contribution in [2.45, 2.75) is 110 Å². The van der Waals surface area contributed by atoms with E-state index in [1.165, 1.54) is 44.9 Å². The molecule has 4 aliphatic carbocycles. The Morgan fingerprint density at radius 3 is 2.61 bits per heavy atom. The SMILES string of the molecule is C[C@@H]1CC[C@H]([C@@H]2O[C@@H]3C[C@@H]4[C@@H]5CC[C@@H]6C[C@H](O)CC[C@]6(C)C5=CC[C@]4(C)[C@H]3[C@H]2C)OC1. The molecule has 0 aromatic rings. The fourth-order valence-corrected chi connectivity index (χ4v) is 9.73. The lowest BCUT2D eigenvalue weighted by atomic mass is 9.48. The lowest BCUT2D eigenvalue weighted by Crippen LogP contribution is -2.49. The first-order chi connectivity index (χ1) is 14.8. The third-order valence-corrected chi connectivity index (χ3v) is 11.4. The van der Waals surface area contributed by atoms with Gasteiger partial charge in [0.1, 0.15) is 0 Å². The van der Waals surface area contributed by atoms with E-state index in [-0.39, 0.29) is 6.10 Å². The van der Waals surface area contributed by atoms with E-state index in [0.717, 1.165) is 31.3 Å². The van der Waals surface area contributed by atoms with Crippen molar-refractivity contribution in [1.82, 2.24) is 0 Å². The molecule has 5 fully saturated rings. The van der Waals surface area contributed by atoms with Gasteiger partial charge in [-0.05, 0) is 104 Å². The standard InChI is InChI=1S/C28H44O3/c1-16-5-8-23(30-15-16)26-17(2)25-24(31-26)14-22-20-7-6-18-13-19(29)9-11-27(18,3)21(20)10-12-28(22,25)4/h10,16-20,22-26,29H,5-9,11-15H2,1-4H3/t16-,17-,18-,19-,20-,22-,23-,24-,25+,26-,27+,28+/m1/s1. The van der Waals surface area contributed by atoms with Gasteiger partial charge in [-0.15, -0.1) is 0 Å². The first-order valence-corrected chi connectivity index (χ1v) is 13.5. The lowest BCUT2D eigenvalue weighted by Gasteiger charge is -2.57. The molecule has 174 valence electrons. The molecule has 3 heteroatoms. The first-order valence-electron chi connectivity index (χ1n) is 13.5. The molecule has 12 atom stereocenters. The Kier molecular flexibility index (Phi) is 4.99. The summed E-state index contributed by atoms with van der Waals surface area (Å²) in [7, 11) is 0. The molecule has 3 saturated carbocycles. The molecular formula is C28H44O3. The van der Waals surface area contributed by atoms with Crippen LogP contribution in [0.25, 0.3) is 0 Å². The Bertz CT molecular complexity index is 739. The van der Waals surface area contributed by atoms with Gasteiger partial charge in [-0.25, -0.2) is 0 Å². The fourth-order valence-electron chi connectivity index (χ4n) is 9.73. The summed E-state index contributed by atoms with van der Waals surface area (Å²) < 4.78 is 13.2. The van der Waals surface area contributed by atoms with Crippen LogP contribution in [0, 0.1) is 46.3 Å². The molecule has 1 N–H and O–H groups in total. The van der Waals surface area contributed by atoms with Gasteiger partial charge in [0.05, 0.1) is 24.4 Å². The highest BCUT2D eigenvalue weighted by atomic mass is 16.6. The Morgan fingerprint density at radius 2 is 1.84 bits per heavy atom. The molecular weight excluding hydrogens is 384 g/mol. The van der Waals surface area contributed by atoms with Gasteiger partial charge >= 0.3 is 0 Å². The van der Waals surface area contributed by atoms with Gasteiger partial charge in [-0.1, -0.05) is 39.3 Å². The highest BCUT2D eigenvalue weighted by Crippen LogP contribution is 2.68. The van der Waals surface area contributed by atoms with Crippen LogP contribution in [0.15, 0.2) is 11.6 Å². The molecule has 6 aliphatic rings. The number of hydrogen-bond acceptors (Lipinski definition) is 3. The van der Waals surface area contributed by atoms with Crippen molar-refractivity contribution < 1.29 is 14.6 Å². The second-order valence-corrected chi connectivity index (χ2v) is 13.0. The number of rotatable bonds is 1. The molecule has 0 aromatic heterocycles. The van der Waals surface area contributed by atoms with Crippen molar-refractivity contribution in [2.75, 3.05) is 6.61 Å². The van der Waals surface area contributed by atoms with E-state index in [4.69, 9.17) is 9.47 Å². The van der Waals surface area contributed by atoms with E-state index in [2.05, 4.69) is 33.8 Å². The minimum Gasteiger partial charge on any atom is -0.393 e. The summed E-state index contributed by atoms with van der Waals surface area (Å²) in [5.74, 6) is 4.21. The summed E-state index contributed by atoms with van der Waals surface area (Å²) in [6, 6.07) is 0. The molecule has 0 aromatic carbocycles. The molecule has 0 unspecified atom stereocenters. The monoisotopic (exact) mass is 428 g/mol. The van der Waals surface area contributed by atoms with Crippen molar-refractivity contribution >= 4 is 0 Å². The average molecular weight is 429 g/mol. The predicted octanol–water partition coefficient (Wildman–Crippen LogP) is 5.75. The topological polar surface area (TPSA) is 38.7 Å². The smallest absolute Gasteiger partial charge is 0.0869 e. The molecule has 2 saturated heterocycles. The Labute approximate surface area is 189 Å². The van der Waals surface area contributed by atoms with Crippen molar-refractivity contribution in [3.05, 3.63) is 11.6 Å². The first kappa shape index (κ1) is 21.2. The van der Waals surface area contributed by atoms with E-state index >= 15 is 0 Å². The van der Waals surface area contributed by atoms with E-state index in [9.17, 15) is 5.11 Å². The highest BCUT2D eigenvalue weighted by Gasteiger charge is 2.64. The molecule has 0 spiro atoms. The van der Waals surface area contributed by atoms with Crippen LogP contribution in [0.5, 0.6) is 0 Å². The zero-order valence-corrected chi connectivity index (χ0v) is 20.2. The number of aliphatic hydroxyl groups is 1. The van der Waals surface area contributed by atoms with Gasteiger partial charge in [-0.2, -0.15) is 0 Å². The van der Waals surface area contributed by atoms with Crippen LogP contribution in [0.4, 0.5) is 0 Å². The van der Waals surface area contributed by atoms with Gasteiger partial charge in [0.2, 0.25) is 0 Å². The summed E-state index contributed by atoms with van der Waals surface area (Å²) in [6.45, 7) is 10.8. The molecule has 31 heavy (non-hydrogen) atoms. The van der Waals surface area contributed by atoms with Gasteiger partial charge < -0.3 is 14.6 Å². The fraction of sp³-hybridized carbons (Fsp3) is 0.929. The van der Waals surface area contributed by atoms with Gasteiger partial charge in [0.15, 0.2) is 0 Å². The molecule has 2 heterocycles. The number of allylic oxidation sites excluding steroid dienone is 2. The number of hydrogen-bond donors (Lipinski definition) is 1. The van der Waals surface area contributed by atoms with Crippen LogP contribution < -0.4 is 0 Å². The molecule has 0 radical (unpaired) electrons. The van der Waals surface area contributed by atoms with Crippen molar-refractivity contribution in [3.8, 4) is 0 Å². The number of ether oxygens (including phenoxy) is 2. The van der Waals surface area contributed by atoms with Crippen molar-refractivity contribution in [1.29, 1.82) is 0 Å². The summed E-state index contributed by atoms with van der Waals surface area (Å²) in [5, 5.41) is 10.3. The molecule has 0 amide bonds. The van der Waals surface area contributed by atoms with E-state index in [1.54, 1.807) is 5.57 Å². The van der Waals surface area contributed by atoms with Gasteiger partial charge in [0, 0.05) is 6.61 Å². The number of fused-ring (bicyclic) bond motifs is 7. The summed E-state index contributed by atoms with van der Waals surface area (Å²) >= 11 is 0. The zero-order valence-electron chi connectivity index (χ0n) is 20.2. The molecule has 2 aliphatic heterocycles. The molecule has 6 rings (SSSR count). The molecule has 0 bridgehead atoms. The van der Waals surface area contributed by atoms with Gasteiger partial charge in [-0.3, -0.25) is 0 Å². The van der Waals surface area contributed by atoms with E-state index in [0.29, 0.717) is 52.8 Å². The lowest BCUT2D eigenvalue weighted by molar-refractivity contribution is -0.111. The quantitative estimate of drug-likeness (QED) is 0.540.